The van der Waals surface area contributed by atoms with E-state index in [0.29, 0.717) is 6.42 Å². The molecule has 1 fully saturated rings. The van der Waals surface area contributed by atoms with Crippen LogP contribution in [0.25, 0.3) is 0 Å². The molecular weight excluding hydrogens is 463 g/mol. The lowest BCUT2D eigenvalue weighted by atomic mass is 9.76. The molecule has 0 aliphatic carbocycles. The van der Waals surface area contributed by atoms with Crippen molar-refractivity contribution in [3.05, 3.63) is 12.7 Å². The maximum absolute atomic E-state index is 11.7. The summed E-state index contributed by atoms with van der Waals surface area (Å²) in [5.74, 6) is -1.39. The van der Waals surface area contributed by atoms with Crippen molar-refractivity contribution >= 4 is 52.6 Å². The van der Waals surface area contributed by atoms with E-state index in [1.165, 1.54) is 13.0 Å². The molecule has 0 saturated carbocycles. The third-order valence-electron chi connectivity index (χ3n) is 3.89. The average molecular weight is 492 g/mol. The number of urea groups is 1. The minimum absolute atomic E-state index is 0.0516. The number of imide groups is 2. The standard InChI is InChI=1S/C10H14N2O4.C8H15Cl3O3/c1-3-4-10(5-6(2)13)7(14)11-9(16)12-8(10)15;1-5(4-7(2,3)13)14-6(12)8(9,10)11/h3,6,13H,1,4-5H2,2H3,(H2,11,12,14,15,16);5-6,12-13H,4H2,1-3H3. The first-order valence-electron chi connectivity index (χ1n) is 9.03. The summed E-state index contributed by atoms with van der Waals surface area (Å²) in [6.07, 6.45) is -0.954. The summed E-state index contributed by atoms with van der Waals surface area (Å²) >= 11 is 16.2. The maximum Gasteiger partial charge on any atom is 0.328 e. The molecule has 0 spiro atoms. The Morgan fingerprint density at radius 3 is 1.93 bits per heavy atom. The molecule has 12 heteroatoms. The summed E-state index contributed by atoms with van der Waals surface area (Å²) in [6.45, 7) is 9.89. The molecule has 30 heavy (non-hydrogen) atoms. The molecule has 4 amide bonds. The average Bonchev–Trinajstić information content (AvgIpc) is 2.50. The van der Waals surface area contributed by atoms with Crippen LogP contribution in [0.15, 0.2) is 12.7 Å². The monoisotopic (exact) mass is 490 g/mol. The van der Waals surface area contributed by atoms with Gasteiger partial charge in [0.1, 0.15) is 5.41 Å². The minimum atomic E-state index is -1.87. The van der Waals surface area contributed by atoms with Crippen molar-refractivity contribution in [2.24, 2.45) is 5.41 Å². The number of ether oxygens (including phenoxy) is 1. The highest BCUT2D eigenvalue weighted by Crippen LogP contribution is 2.32. The van der Waals surface area contributed by atoms with Gasteiger partial charge < -0.3 is 20.1 Å². The molecular formula is C18H29Cl3N2O7. The Balaban J connectivity index is 0.000000567. The number of hydrogen-bond acceptors (Lipinski definition) is 7. The molecule has 1 heterocycles. The first-order valence-corrected chi connectivity index (χ1v) is 10.2. The van der Waals surface area contributed by atoms with Gasteiger partial charge in [0.25, 0.3) is 0 Å². The van der Waals surface area contributed by atoms with Gasteiger partial charge >= 0.3 is 6.03 Å². The lowest BCUT2D eigenvalue weighted by Gasteiger charge is -2.33. The molecule has 1 aliphatic heterocycles. The Hall–Kier alpha value is -0.940. The van der Waals surface area contributed by atoms with Gasteiger partial charge in [0.2, 0.25) is 21.9 Å². The Bertz CT molecular complexity index is 610. The van der Waals surface area contributed by atoms with Crippen LogP contribution in [0.3, 0.4) is 0 Å². The summed E-state index contributed by atoms with van der Waals surface area (Å²) in [4.78, 5) is 34.3. The van der Waals surface area contributed by atoms with E-state index in [4.69, 9.17) is 39.5 Å². The summed E-state index contributed by atoms with van der Waals surface area (Å²) in [5.41, 5.74) is -2.32. The van der Waals surface area contributed by atoms with Crippen LogP contribution in [0.5, 0.6) is 0 Å². The molecule has 0 aromatic heterocycles. The van der Waals surface area contributed by atoms with E-state index in [1.54, 1.807) is 20.8 Å². The van der Waals surface area contributed by atoms with Crippen molar-refractivity contribution in [3.63, 3.8) is 0 Å². The number of aliphatic hydroxyl groups is 3. The van der Waals surface area contributed by atoms with Crippen LogP contribution in [0.2, 0.25) is 0 Å². The zero-order valence-electron chi connectivity index (χ0n) is 17.2. The number of aliphatic hydroxyl groups excluding tert-OH is 2. The zero-order valence-corrected chi connectivity index (χ0v) is 19.5. The second-order valence-corrected chi connectivity index (χ2v) is 10.1. The summed E-state index contributed by atoms with van der Waals surface area (Å²) < 4.78 is 3.12. The van der Waals surface area contributed by atoms with Crippen LogP contribution >= 0.6 is 34.8 Å². The SMILES string of the molecule is C=CCC1(CC(C)O)C(=O)NC(=O)NC1=O.CC(CC(C)(C)O)OC(O)C(Cl)(Cl)Cl. The summed E-state index contributed by atoms with van der Waals surface area (Å²) in [6, 6.07) is -0.833. The van der Waals surface area contributed by atoms with E-state index in [1.807, 2.05) is 10.6 Å². The predicted octanol–water partition coefficient (Wildman–Crippen LogP) is 1.93. The molecule has 5 N–H and O–H groups in total. The molecule has 0 radical (unpaired) electrons. The van der Waals surface area contributed by atoms with Crippen molar-refractivity contribution in [1.82, 2.24) is 10.6 Å². The number of hydrogen-bond donors (Lipinski definition) is 5. The fraction of sp³-hybridized carbons (Fsp3) is 0.722. The summed E-state index contributed by atoms with van der Waals surface area (Å²) in [7, 11) is 0. The van der Waals surface area contributed by atoms with Gasteiger partial charge in [-0.1, -0.05) is 40.9 Å². The fourth-order valence-electron chi connectivity index (χ4n) is 2.83. The minimum Gasteiger partial charge on any atom is -0.393 e. The number of carbonyl (C=O) groups is 3. The van der Waals surface area contributed by atoms with Crippen LogP contribution in [-0.4, -0.2) is 61.1 Å². The third kappa shape index (κ3) is 9.91. The molecule has 3 unspecified atom stereocenters. The molecule has 0 aromatic carbocycles. The molecule has 3 atom stereocenters. The Labute approximate surface area is 190 Å². The number of carbonyl (C=O) groups excluding carboxylic acids is 3. The predicted molar refractivity (Wildman–Crippen MR) is 113 cm³/mol. The van der Waals surface area contributed by atoms with Crippen LogP contribution in [0.1, 0.15) is 47.0 Å². The summed E-state index contributed by atoms with van der Waals surface area (Å²) in [5, 5.41) is 32.1. The molecule has 1 saturated heterocycles. The Kier molecular flexibility index (Phi) is 11.3. The molecule has 9 nitrogen and oxygen atoms in total. The number of nitrogens with one attached hydrogen (secondary N) is 2. The van der Waals surface area contributed by atoms with E-state index >= 15 is 0 Å². The maximum atomic E-state index is 11.7. The third-order valence-corrected chi connectivity index (χ3v) is 4.45. The Morgan fingerprint density at radius 2 is 1.60 bits per heavy atom. The molecule has 0 aromatic rings. The van der Waals surface area contributed by atoms with Gasteiger partial charge in [-0.05, 0) is 40.5 Å². The number of allylic oxidation sites excluding steroid dienone is 1. The van der Waals surface area contributed by atoms with Gasteiger partial charge in [-0.3, -0.25) is 20.2 Å². The topological polar surface area (TPSA) is 145 Å². The zero-order chi connectivity index (χ0) is 23.9. The van der Waals surface area contributed by atoms with Crippen molar-refractivity contribution in [2.45, 2.75) is 74.8 Å². The fourth-order valence-corrected chi connectivity index (χ4v) is 2.99. The van der Waals surface area contributed by atoms with Crippen LogP contribution in [-0.2, 0) is 14.3 Å². The highest BCUT2D eigenvalue weighted by Gasteiger charge is 2.49. The van der Waals surface area contributed by atoms with Gasteiger partial charge in [0.05, 0.1) is 17.8 Å². The van der Waals surface area contributed by atoms with Crippen molar-refractivity contribution < 1.29 is 34.4 Å². The lowest BCUT2D eigenvalue weighted by Crippen LogP contribution is -2.62. The van der Waals surface area contributed by atoms with Crippen molar-refractivity contribution in [3.8, 4) is 0 Å². The smallest absolute Gasteiger partial charge is 0.328 e. The first kappa shape index (κ1) is 29.1. The van der Waals surface area contributed by atoms with Gasteiger partial charge in [-0.2, -0.15) is 0 Å². The lowest BCUT2D eigenvalue weighted by molar-refractivity contribution is -0.146. The number of rotatable bonds is 8. The van der Waals surface area contributed by atoms with Gasteiger partial charge in [0.15, 0.2) is 0 Å². The normalized spacial score (nSPS) is 19.6. The van der Waals surface area contributed by atoms with Gasteiger partial charge in [-0.25, -0.2) is 4.79 Å². The van der Waals surface area contributed by atoms with E-state index in [-0.39, 0.29) is 12.8 Å². The number of halogens is 3. The van der Waals surface area contributed by atoms with Crippen LogP contribution in [0.4, 0.5) is 4.79 Å². The Morgan fingerprint density at radius 1 is 1.13 bits per heavy atom. The van der Waals surface area contributed by atoms with Crippen molar-refractivity contribution in [2.75, 3.05) is 0 Å². The molecule has 0 bridgehead atoms. The highest BCUT2D eigenvalue weighted by atomic mass is 35.6. The number of barbiturate groups is 1. The van der Waals surface area contributed by atoms with E-state index < -0.39 is 51.2 Å². The van der Waals surface area contributed by atoms with E-state index in [2.05, 4.69) is 6.58 Å². The van der Waals surface area contributed by atoms with Gasteiger partial charge in [-0.15, -0.1) is 6.58 Å². The largest absolute Gasteiger partial charge is 0.393 e. The molecule has 1 aliphatic rings. The number of alkyl halides is 3. The highest BCUT2D eigenvalue weighted by molar-refractivity contribution is 6.67. The molecule has 174 valence electrons. The first-order chi connectivity index (χ1) is 13.4. The van der Waals surface area contributed by atoms with Crippen LogP contribution < -0.4 is 10.6 Å². The quantitative estimate of drug-likeness (QED) is 0.151. The number of amides is 4. The van der Waals surface area contributed by atoms with Crippen molar-refractivity contribution in [1.29, 1.82) is 0 Å². The van der Waals surface area contributed by atoms with Gasteiger partial charge in [0, 0.05) is 6.42 Å². The van der Waals surface area contributed by atoms with E-state index in [0.717, 1.165) is 0 Å². The van der Waals surface area contributed by atoms with E-state index in [9.17, 15) is 29.7 Å². The second kappa shape index (κ2) is 11.6. The molecule has 1 rings (SSSR count). The second-order valence-electron chi connectivity index (χ2n) is 7.72. The van der Waals surface area contributed by atoms with Crippen LogP contribution in [0, 0.1) is 5.41 Å².